The minimum atomic E-state index is -0.221. The van der Waals surface area contributed by atoms with Crippen LogP contribution in [0.2, 0.25) is 0 Å². The Hall–Kier alpha value is -1.46. The summed E-state index contributed by atoms with van der Waals surface area (Å²) in [7, 11) is 4.67. The molecule has 5 heteroatoms. The predicted octanol–water partition coefficient (Wildman–Crippen LogP) is 2.73. The molecule has 0 bridgehead atoms. The van der Waals surface area contributed by atoms with Crippen molar-refractivity contribution in [3.63, 3.8) is 0 Å². The molecule has 1 aliphatic rings. The largest absolute Gasteiger partial charge is 0.502 e. The quantitative estimate of drug-likeness (QED) is 0.920. The Morgan fingerprint density at radius 3 is 1.95 bits per heavy atom. The third kappa shape index (κ3) is 2.43. The summed E-state index contributed by atoms with van der Waals surface area (Å²) in [5, 5.41) is 9.96. The van der Waals surface area contributed by atoms with Crippen molar-refractivity contribution in [2.75, 3.05) is 21.3 Å². The van der Waals surface area contributed by atoms with Crippen LogP contribution in [0.4, 0.5) is 0 Å². The first-order valence-electron chi connectivity index (χ1n) is 6.66. The lowest BCUT2D eigenvalue weighted by Gasteiger charge is -2.18. The first-order chi connectivity index (χ1) is 9.53. The molecule has 1 aromatic carbocycles. The van der Waals surface area contributed by atoms with Crippen molar-refractivity contribution in [2.45, 2.75) is 26.2 Å². The first-order valence-corrected chi connectivity index (χ1v) is 6.66. The van der Waals surface area contributed by atoms with Crippen LogP contribution < -0.4 is 9.47 Å². The highest BCUT2D eigenvalue weighted by molar-refractivity contribution is 5.53. The summed E-state index contributed by atoms with van der Waals surface area (Å²) in [5.74, 6) is 1.34. The van der Waals surface area contributed by atoms with Gasteiger partial charge in [0.15, 0.2) is 17.8 Å². The average molecular weight is 282 g/mol. The van der Waals surface area contributed by atoms with Crippen molar-refractivity contribution in [3.05, 3.63) is 17.7 Å². The Labute approximate surface area is 119 Å². The van der Waals surface area contributed by atoms with Crippen molar-refractivity contribution in [3.8, 4) is 17.2 Å². The topological polar surface area (TPSA) is 57.2 Å². The molecule has 4 unspecified atom stereocenters. The monoisotopic (exact) mass is 282 g/mol. The van der Waals surface area contributed by atoms with Crippen molar-refractivity contribution in [1.82, 2.24) is 0 Å². The summed E-state index contributed by atoms with van der Waals surface area (Å²) in [5.41, 5.74) is 0.912. The Balaban J connectivity index is 2.38. The molecule has 1 aromatic rings. The van der Waals surface area contributed by atoms with Gasteiger partial charge in [-0.25, -0.2) is 0 Å². The standard InChI is InChI=1S/C15H22O5/c1-8-9(2)15(19-5)20-14(8)10-6-11(17-3)13(16)12(7-10)18-4/h6-9,14-16H,1-5H3. The molecule has 5 nitrogen and oxygen atoms in total. The van der Waals surface area contributed by atoms with Crippen LogP contribution in [0.25, 0.3) is 0 Å². The molecule has 1 aliphatic heterocycles. The van der Waals surface area contributed by atoms with Crippen LogP contribution in [-0.4, -0.2) is 32.7 Å². The van der Waals surface area contributed by atoms with E-state index in [0.29, 0.717) is 17.4 Å². The Kier molecular flexibility index (Phi) is 4.40. The highest BCUT2D eigenvalue weighted by Crippen LogP contribution is 2.46. The maximum absolute atomic E-state index is 9.96. The Morgan fingerprint density at radius 1 is 1.00 bits per heavy atom. The van der Waals surface area contributed by atoms with Crippen LogP contribution in [0.15, 0.2) is 12.1 Å². The molecule has 0 amide bonds. The molecule has 0 radical (unpaired) electrons. The molecular formula is C15H22O5. The minimum Gasteiger partial charge on any atom is -0.502 e. The molecule has 0 spiro atoms. The van der Waals surface area contributed by atoms with Gasteiger partial charge in [0.1, 0.15) is 0 Å². The highest BCUT2D eigenvalue weighted by atomic mass is 16.7. The molecule has 112 valence electrons. The van der Waals surface area contributed by atoms with Crippen LogP contribution in [-0.2, 0) is 9.47 Å². The Bertz CT molecular complexity index is 448. The van der Waals surface area contributed by atoms with E-state index in [4.69, 9.17) is 18.9 Å². The van der Waals surface area contributed by atoms with E-state index in [1.54, 1.807) is 19.2 Å². The lowest BCUT2D eigenvalue weighted by molar-refractivity contribution is -0.130. The number of phenols is 1. The maximum Gasteiger partial charge on any atom is 0.200 e. The second-order valence-corrected chi connectivity index (χ2v) is 5.15. The van der Waals surface area contributed by atoms with Crippen molar-refractivity contribution in [1.29, 1.82) is 0 Å². The van der Waals surface area contributed by atoms with Gasteiger partial charge in [-0.1, -0.05) is 13.8 Å². The molecule has 1 heterocycles. The zero-order valence-electron chi connectivity index (χ0n) is 12.5. The Morgan fingerprint density at radius 2 is 1.55 bits per heavy atom. The van der Waals surface area contributed by atoms with Gasteiger partial charge in [-0.15, -0.1) is 0 Å². The van der Waals surface area contributed by atoms with E-state index in [0.717, 1.165) is 5.56 Å². The van der Waals surface area contributed by atoms with E-state index in [9.17, 15) is 5.11 Å². The molecule has 1 N–H and O–H groups in total. The normalized spacial score (nSPS) is 29.4. The lowest BCUT2D eigenvalue weighted by Crippen LogP contribution is -2.17. The fourth-order valence-electron chi connectivity index (χ4n) is 2.65. The average Bonchev–Trinajstić information content (AvgIpc) is 2.75. The molecule has 20 heavy (non-hydrogen) atoms. The van der Waals surface area contributed by atoms with E-state index < -0.39 is 0 Å². The highest BCUT2D eigenvalue weighted by Gasteiger charge is 2.40. The molecule has 1 fully saturated rings. The molecule has 0 saturated carbocycles. The second-order valence-electron chi connectivity index (χ2n) is 5.15. The second kappa shape index (κ2) is 5.89. The predicted molar refractivity (Wildman–Crippen MR) is 74.2 cm³/mol. The van der Waals surface area contributed by atoms with Crippen LogP contribution in [0.1, 0.15) is 25.5 Å². The van der Waals surface area contributed by atoms with Crippen molar-refractivity contribution >= 4 is 0 Å². The number of benzene rings is 1. The number of aromatic hydroxyl groups is 1. The van der Waals surface area contributed by atoms with E-state index in [-0.39, 0.29) is 24.1 Å². The van der Waals surface area contributed by atoms with Crippen molar-refractivity contribution < 1.29 is 24.1 Å². The summed E-state index contributed by atoms with van der Waals surface area (Å²) < 4.78 is 21.7. The fourth-order valence-corrected chi connectivity index (χ4v) is 2.65. The van der Waals surface area contributed by atoms with Gasteiger partial charge in [-0.05, 0) is 23.6 Å². The zero-order valence-corrected chi connectivity index (χ0v) is 12.5. The molecular weight excluding hydrogens is 260 g/mol. The van der Waals surface area contributed by atoms with Gasteiger partial charge in [0.05, 0.1) is 20.3 Å². The van der Waals surface area contributed by atoms with Gasteiger partial charge in [-0.3, -0.25) is 0 Å². The summed E-state index contributed by atoms with van der Waals surface area (Å²) in [4.78, 5) is 0. The van der Waals surface area contributed by atoms with Gasteiger partial charge < -0.3 is 24.1 Å². The number of ether oxygens (including phenoxy) is 4. The lowest BCUT2D eigenvalue weighted by atomic mass is 9.89. The van der Waals surface area contributed by atoms with E-state index in [1.807, 2.05) is 0 Å². The van der Waals surface area contributed by atoms with E-state index in [2.05, 4.69) is 13.8 Å². The van der Waals surface area contributed by atoms with Crippen LogP contribution in [0, 0.1) is 11.8 Å². The van der Waals surface area contributed by atoms with Gasteiger partial charge >= 0.3 is 0 Å². The van der Waals surface area contributed by atoms with E-state index in [1.165, 1.54) is 14.2 Å². The smallest absolute Gasteiger partial charge is 0.200 e. The van der Waals surface area contributed by atoms with Gasteiger partial charge in [0, 0.05) is 13.0 Å². The zero-order chi connectivity index (χ0) is 14.9. The van der Waals surface area contributed by atoms with Gasteiger partial charge in [0.2, 0.25) is 5.75 Å². The number of hydrogen-bond acceptors (Lipinski definition) is 5. The number of hydrogen-bond donors (Lipinski definition) is 1. The first kappa shape index (κ1) is 14.9. The van der Waals surface area contributed by atoms with Gasteiger partial charge in [-0.2, -0.15) is 0 Å². The number of phenolic OH excluding ortho intramolecular Hbond substituents is 1. The van der Waals surface area contributed by atoms with Crippen molar-refractivity contribution in [2.24, 2.45) is 11.8 Å². The van der Waals surface area contributed by atoms with Crippen LogP contribution in [0.5, 0.6) is 17.2 Å². The van der Waals surface area contributed by atoms with Crippen LogP contribution in [0.3, 0.4) is 0 Å². The summed E-state index contributed by atoms with van der Waals surface area (Å²) in [6.45, 7) is 4.23. The number of rotatable bonds is 4. The third-order valence-electron chi connectivity index (χ3n) is 4.08. The molecule has 0 aliphatic carbocycles. The SMILES string of the molecule is COc1cc(C2OC(OC)C(C)C2C)cc(OC)c1O. The molecule has 1 saturated heterocycles. The summed E-state index contributed by atoms with van der Waals surface area (Å²) in [6, 6.07) is 3.56. The fraction of sp³-hybridized carbons (Fsp3) is 0.600. The van der Waals surface area contributed by atoms with Crippen LogP contribution >= 0.6 is 0 Å². The minimum absolute atomic E-state index is 0.000685. The molecule has 4 atom stereocenters. The van der Waals surface area contributed by atoms with E-state index >= 15 is 0 Å². The summed E-state index contributed by atoms with van der Waals surface area (Å²) >= 11 is 0. The third-order valence-corrected chi connectivity index (χ3v) is 4.08. The maximum atomic E-state index is 9.96. The summed E-state index contributed by atoms with van der Waals surface area (Å²) in [6.07, 6.45) is -0.334. The van der Waals surface area contributed by atoms with Gasteiger partial charge in [0.25, 0.3) is 0 Å². The number of methoxy groups -OCH3 is 3. The molecule has 0 aromatic heterocycles. The molecule has 2 rings (SSSR count).